The molecule has 4 heteroatoms. The summed E-state index contributed by atoms with van der Waals surface area (Å²) in [7, 11) is 0. The molecule has 100 valence electrons. The van der Waals surface area contributed by atoms with Crippen LogP contribution in [0.25, 0.3) is 0 Å². The van der Waals surface area contributed by atoms with E-state index in [1.165, 1.54) is 25.8 Å². The topological polar surface area (TPSA) is 28.2 Å². The number of pyridine rings is 1. The molecule has 0 amide bonds. The van der Waals surface area contributed by atoms with Crippen molar-refractivity contribution in [3.8, 4) is 0 Å². The summed E-state index contributed by atoms with van der Waals surface area (Å²) in [5.41, 5.74) is 1.06. The van der Waals surface area contributed by atoms with E-state index in [9.17, 15) is 0 Å². The van der Waals surface area contributed by atoms with Gasteiger partial charge >= 0.3 is 0 Å². The van der Waals surface area contributed by atoms with Gasteiger partial charge in [0.05, 0.1) is 5.69 Å². The number of nitrogens with one attached hydrogen (secondary N) is 1. The molecule has 0 aromatic carbocycles. The third-order valence-corrected chi connectivity index (χ3v) is 3.58. The van der Waals surface area contributed by atoms with Crippen molar-refractivity contribution in [1.82, 2.24) is 15.2 Å². The Morgan fingerprint density at radius 3 is 3.11 bits per heavy atom. The van der Waals surface area contributed by atoms with Crippen LogP contribution in [0.5, 0.6) is 0 Å². The molecule has 1 atom stereocenters. The van der Waals surface area contributed by atoms with Gasteiger partial charge in [-0.1, -0.05) is 18.5 Å². The van der Waals surface area contributed by atoms with Crippen LogP contribution in [-0.4, -0.2) is 35.6 Å². The lowest BCUT2D eigenvalue weighted by Gasteiger charge is -2.24. The molecule has 1 aromatic rings. The fraction of sp³-hybridized carbons (Fsp3) is 0.643. The Morgan fingerprint density at radius 1 is 1.56 bits per heavy atom. The molecule has 1 aliphatic rings. The van der Waals surface area contributed by atoms with Crippen molar-refractivity contribution < 1.29 is 0 Å². The van der Waals surface area contributed by atoms with Crippen molar-refractivity contribution in [3.05, 3.63) is 29.0 Å². The van der Waals surface area contributed by atoms with Gasteiger partial charge in [-0.25, -0.2) is 0 Å². The first-order chi connectivity index (χ1) is 8.78. The van der Waals surface area contributed by atoms with Crippen LogP contribution < -0.4 is 5.32 Å². The maximum Gasteiger partial charge on any atom is 0.0558 e. The van der Waals surface area contributed by atoms with E-state index >= 15 is 0 Å². The SMILES string of the molecule is CCCN(Cc1cc(Cl)ccn1)CC1CCCN1. The molecular weight excluding hydrogens is 246 g/mol. The number of hydrogen-bond donors (Lipinski definition) is 1. The highest BCUT2D eigenvalue weighted by Gasteiger charge is 2.17. The highest BCUT2D eigenvalue weighted by Crippen LogP contribution is 2.12. The van der Waals surface area contributed by atoms with E-state index < -0.39 is 0 Å². The lowest BCUT2D eigenvalue weighted by atomic mass is 10.2. The van der Waals surface area contributed by atoms with Gasteiger partial charge < -0.3 is 5.32 Å². The van der Waals surface area contributed by atoms with Gasteiger partial charge in [0.2, 0.25) is 0 Å². The third-order valence-electron chi connectivity index (χ3n) is 3.35. The Bertz CT molecular complexity index is 364. The molecule has 0 bridgehead atoms. The quantitative estimate of drug-likeness (QED) is 0.859. The van der Waals surface area contributed by atoms with E-state index in [1.54, 1.807) is 6.20 Å². The molecule has 1 N–H and O–H groups in total. The predicted molar refractivity (Wildman–Crippen MR) is 75.8 cm³/mol. The zero-order valence-corrected chi connectivity index (χ0v) is 11.8. The monoisotopic (exact) mass is 267 g/mol. The van der Waals surface area contributed by atoms with Crippen LogP contribution in [0.3, 0.4) is 0 Å². The number of aromatic nitrogens is 1. The summed E-state index contributed by atoms with van der Waals surface area (Å²) in [5, 5.41) is 4.33. The summed E-state index contributed by atoms with van der Waals surface area (Å²) in [5.74, 6) is 0. The van der Waals surface area contributed by atoms with Crippen molar-refractivity contribution in [1.29, 1.82) is 0 Å². The molecular formula is C14H22ClN3. The molecule has 1 unspecified atom stereocenters. The van der Waals surface area contributed by atoms with E-state index in [-0.39, 0.29) is 0 Å². The smallest absolute Gasteiger partial charge is 0.0558 e. The fourth-order valence-electron chi connectivity index (χ4n) is 2.54. The summed E-state index contributed by atoms with van der Waals surface area (Å²) in [6.07, 6.45) is 5.56. The zero-order valence-electron chi connectivity index (χ0n) is 11.0. The summed E-state index contributed by atoms with van der Waals surface area (Å²) < 4.78 is 0. The van der Waals surface area contributed by atoms with Crippen LogP contribution in [0.2, 0.25) is 5.02 Å². The maximum atomic E-state index is 6.00. The Hall–Kier alpha value is -0.640. The van der Waals surface area contributed by atoms with Crippen LogP contribution in [0, 0.1) is 0 Å². The van der Waals surface area contributed by atoms with Crippen LogP contribution in [0.15, 0.2) is 18.3 Å². The molecule has 0 saturated carbocycles. The van der Waals surface area contributed by atoms with Crippen molar-refractivity contribution in [2.45, 2.75) is 38.8 Å². The summed E-state index contributed by atoms with van der Waals surface area (Å²) >= 11 is 6.00. The molecule has 3 nitrogen and oxygen atoms in total. The standard InChI is InChI=1S/C14H22ClN3/c1-2-8-18(10-13-4-3-6-16-13)11-14-9-12(15)5-7-17-14/h5,7,9,13,16H,2-4,6,8,10-11H2,1H3. The molecule has 1 fully saturated rings. The zero-order chi connectivity index (χ0) is 12.8. The van der Waals surface area contributed by atoms with Gasteiger partial charge in [-0.15, -0.1) is 0 Å². The largest absolute Gasteiger partial charge is 0.313 e. The Kier molecular flexibility index (Phi) is 5.42. The average Bonchev–Trinajstić information content (AvgIpc) is 2.82. The van der Waals surface area contributed by atoms with Gasteiger partial charge in [0.25, 0.3) is 0 Å². The lowest BCUT2D eigenvalue weighted by Crippen LogP contribution is -2.37. The third kappa shape index (κ3) is 4.23. The normalized spacial score (nSPS) is 19.6. The number of nitrogens with zero attached hydrogens (tertiary/aromatic N) is 2. The van der Waals surface area contributed by atoms with Gasteiger partial charge in [-0.2, -0.15) is 0 Å². The van der Waals surface area contributed by atoms with E-state index in [0.717, 1.165) is 30.4 Å². The number of rotatable bonds is 6. The minimum absolute atomic E-state index is 0.649. The highest BCUT2D eigenvalue weighted by molar-refractivity contribution is 6.30. The van der Waals surface area contributed by atoms with Crippen LogP contribution >= 0.6 is 11.6 Å². The lowest BCUT2D eigenvalue weighted by molar-refractivity contribution is 0.239. The van der Waals surface area contributed by atoms with Crippen molar-refractivity contribution >= 4 is 11.6 Å². The summed E-state index contributed by atoms with van der Waals surface area (Å²) in [6.45, 7) is 6.52. The predicted octanol–water partition coefficient (Wildman–Crippen LogP) is 2.70. The van der Waals surface area contributed by atoms with Gasteiger partial charge in [-0.3, -0.25) is 9.88 Å². The van der Waals surface area contributed by atoms with Crippen LogP contribution in [0.4, 0.5) is 0 Å². The second-order valence-electron chi connectivity index (χ2n) is 4.99. The summed E-state index contributed by atoms with van der Waals surface area (Å²) in [4.78, 5) is 6.86. The average molecular weight is 268 g/mol. The second-order valence-corrected chi connectivity index (χ2v) is 5.43. The van der Waals surface area contributed by atoms with Crippen molar-refractivity contribution in [2.24, 2.45) is 0 Å². The van der Waals surface area contributed by atoms with Crippen LogP contribution in [0.1, 0.15) is 31.9 Å². The second kappa shape index (κ2) is 7.07. The van der Waals surface area contributed by atoms with Gasteiger partial charge in [0, 0.05) is 30.4 Å². The molecule has 1 aromatic heterocycles. The number of hydrogen-bond acceptors (Lipinski definition) is 3. The fourth-order valence-corrected chi connectivity index (χ4v) is 2.72. The molecule has 0 radical (unpaired) electrons. The molecule has 18 heavy (non-hydrogen) atoms. The van der Waals surface area contributed by atoms with Crippen LogP contribution in [-0.2, 0) is 6.54 Å². The molecule has 0 aliphatic carbocycles. The van der Waals surface area contributed by atoms with Gasteiger partial charge in [0.1, 0.15) is 0 Å². The van der Waals surface area contributed by atoms with E-state index in [2.05, 4.69) is 22.1 Å². The molecule has 1 saturated heterocycles. The van der Waals surface area contributed by atoms with Gasteiger partial charge in [-0.05, 0) is 44.5 Å². The first-order valence-electron chi connectivity index (χ1n) is 6.84. The van der Waals surface area contributed by atoms with Crippen molar-refractivity contribution in [3.63, 3.8) is 0 Å². The molecule has 2 rings (SSSR count). The van der Waals surface area contributed by atoms with E-state index in [1.807, 2.05) is 12.1 Å². The van der Waals surface area contributed by atoms with E-state index in [4.69, 9.17) is 11.6 Å². The first kappa shape index (κ1) is 13.8. The van der Waals surface area contributed by atoms with E-state index in [0.29, 0.717) is 6.04 Å². The minimum atomic E-state index is 0.649. The maximum absolute atomic E-state index is 6.00. The molecule has 1 aliphatic heterocycles. The highest BCUT2D eigenvalue weighted by atomic mass is 35.5. The van der Waals surface area contributed by atoms with Gasteiger partial charge in [0.15, 0.2) is 0 Å². The Balaban J connectivity index is 1.92. The number of halogens is 1. The Labute approximate surface area is 115 Å². The Morgan fingerprint density at radius 2 is 2.44 bits per heavy atom. The minimum Gasteiger partial charge on any atom is -0.313 e. The summed E-state index contributed by atoms with van der Waals surface area (Å²) in [6, 6.07) is 4.44. The van der Waals surface area contributed by atoms with Crippen molar-refractivity contribution in [2.75, 3.05) is 19.6 Å². The first-order valence-corrected chi connectivity index (χ1v) is 7.22. The molecule has 2 heterocycles. The molecule has 0 spiro atoms.